The summed E-state index contributed by atoms with van der Waals surface area (Å²) >= 11 is 3.31. The molecule has 0 unspecified atom stereocenters. The van der Waals surface area contributed by atoms with Gasteiger partial charge < -0.3 is 20.9 Å². The molecule has 126 valence electrons. The predicted octanol–water partition coefficient (Wildman–Crippen LogP) is 2.73. The highest BCUT2D eigenvalue weighted by atomic mass is 79.9. The van der Waals surface area contributed by atoms with Gasteiger partial charge in [-0.2, -0.15) is 0 Å². The van der Waals surface area contributed by atoms with Gasteiger partial charge in [0, 0.05) is 41.1 Å². The molecule has 0 atom stereocenters. The summed E-state index contributed by atoms with van der Waals surface area (Å²) in [7, 11) is 0. The molecule has 1 aliphatic heterocycles. The molecule has 0 radical (unpaired) electrons. The van der Waals surface area contributed by atoms with E-state index in [9.17, 15) is 9.59 Å². The second kappa shape index (κ2) is 7.09. The molecule has 1 aromatic carbocycles. The Labute approximate surface area is 148 Å². The lowest BCUT2D eigenvalue weighted by Gasteiger charge is -2.32. The molecule has 2 heterocycles. The maximum absolute atomic E-state index is 12.1. The zero-order chi connectivity index (χ0) is 17.1. The Bertz CT molecular complexity index is 733. The monoisotopic (exact) mass is 390 g/mol. The van der Waals surface area contributed by atoms with E-state index in [2.05, 4.69) is 31.1 Å². The van der Waals surface area contributed by atoms with Gasteiger partial charge in [-0.05, 0) is 59.1 Å². The first kappa shape index (κ1) is 16.6. The second-order valence-electron chi connectivity index (χ2n) is 5.90. The van der Waals surface area contributed by atoms with Crippen LogP contribution in [0.1, 0.15) is 23.3 Å². The molecule has 0 saturated carbocycles. The number of anilines is 2. The van der Waals surface area contributed by atoms with Gasteiger partial charge in [-0.1, -0.05) is 0 Å². The normalized spacial score (nSPS) is 15.3. The highest BCUT2D eigenvalue weighted by Crippen LogP contribution is 2.24. The summed E-state index contributed by atoms with van der Waals surface area (Å²) < 4.78 is 0.836. The van der Waals surface area contributed by atoms with E-state index in [1.807, 2.05) is 24.3 Å². The number of carbonyl (C=O) groups excluding carboxylic acids is 2. The molecular formula is C17H19BrN4O2. The number of benzene rings is 1. The standard InChI is InChI=1S/C17H19BrN4O2/c18-12-9-15(20-10-12)17(24)21-13-1-3-14(4-2-13)22-7-5-11(6-8-22)16(19)23/h1-4,9-11,20H,5-8H2,(H2,19,23)(H,21,24). The SMILES string of the molecule is NC(=O)C1CCN(c2ccc(NC(=O)c3cc(Br)c[nH]3)cc2)CC1. The van der Waals surface area contributed by atoms with E-state index in [0.29, 0.717) is 5.69 Å². The molecule has 3 rings (SSSR count). The molecule has 0 spiro atoms. The van der Waals surface area contributed by atoms with Gasteiger partial charge >= 0.3 is 0 Å². The topological polar surface area (TPSA) is 91.2 Å². The number of nitrogens with zero attached hydrogens (tertiary/aromatic N) is 1. The molecule has 1 aromatic heterocycles. The number of hydrogen-bond donors (Lipinski definition) is 3. The van der Waals surface area contributed by atoms with Crippen molar-refractivity contribution in [1.29, 1.82) is 0 Å². The largest absolute Gasteiger partial charge is 0.371 e. The van der Waals surface area contributed by atoms with Crippen LogP contribution in [0.4, 0.5) is 11.4 Å². The number of carbonyl (C=O) groups is 2. The minimum Gasteiger partial charge on any atom is -0.371 e. The number of nitrogens with one attached hydrogen (secondary N) is 2. The molecule has 4 N–H and O–H groups in total. The molecule has 1 saturated heterocycles. The lowest BCUT2D eigenvalue weighted by Crippen LogP contribution is -2.38. The van der Waals surface area contributed by atoms with Crippen molar-refractivity contribution in [1.82, 2.24) is 4.98 Å². The fourth-order valence-corrected chi connectivity index (χ4v) is 3.22. The number of hydrogen-bond acceptors (Lipinski definition) is 3. The van der Waals surface area contributed by atoms with Crippen molar-refractivity contribution in [2.75, 3.05) is 23.3 Å². The van der Waals surface area contributed by atoms with Gasteiger partial charge in [0.15, 0.2) is 0 Å². The van der Waals surface area contributed by atoms with E-state index in [4.69, 9.17) is 5.73 Å². The van der Waals surface area contributed by atoms with Crippen molar-refractivity contribution in [2.24, 2.45) is 11.7 Å². The van der Waals surface area contributed by atoms with Crippen molar-refractivity contribution >= 4 is 39.1 Å². The van der Waals surface area contributed by atoms with E-state index in [1.54, 1.807) is 12.3 Å². The number of piperidine rings is 1. The van der Waals surface area contributed by atoms with Crippen molar-refractivity contribution in [3.8, 4) is 0 Å². The quantitative estimate of drug-likeness (QED) is 0.749. The summed E-state index contributed by atoms with van der Waals surface area (Å²) in [5, 5.41) is 2.85. The zero-order valence-corrected chi connectivity index (χ0v) is 14.7. The molecule has 7 heteroatoms. The van der Waals surface area contributed by atoms with Crippen LogP contribution < -0.4 is 16.0 Å². The smallest absolute Gasteiger partial charge is 0.272 e. The third kappa shape index (κ3) is 3.79. The number of rotatable bonds is 4. The van der Waals surface area contributed by atoms with Crippen molar-refractivity contribution < 1.29 is 9.59 Å². The maximum atomic E-state index is 12.1. The van der Waals surface area contributed by atoms with E-state index in [1.165, 1.54) is 0 Å². The summed E-state index contributed by atoms with van der Waals surface area (Å²) in [5.74, 6) is -0.403. The average molecular weight is 391 g/mol. The van der Waals surface area contributed by atoms with Crippen LogP contribution in [-0.4, -0.2) is 29.9 Å². The van der Waals surface area contributed by atoms with Gasteiger partial charge in [-0.25, -0.2) is 0 Å². The summed E-state index contributed by atoms with van der Waals surface area (Å²) in [5.41, 5.74) is 7.68. The van der Waals surface area contributed by atoms with E-state index in [-0.39, 0.29) is 17.7 Å². The Morgan fingerprint density at radius 2 is 1.88 bits per heavy atom. The van der Waals surface area contributed by atoms with Gasteiger partial charge in [0.1, 0.15) is 5.69 Å². The van der Waals surface area contributed by atoms with Crippen molar-refractivity contribution in [2.45, 2.75) is 12.8 Å². The molecule has 6 nitrogen and oxygen atoms in total. The van der Waals surface area contributed by atoms with Crippen LogP contribution in [0.3, 0.4) is 0 Å². The average Bonchev–Trinajstić information content (AvgIpc) is 3.02. The Morgan fingerprint density at radius 1 is 1.21 bits per heavy atom. The minimum atomic E-state index is -0.205. The van der Waals surface area contributed by atoms with Crippen LogP contribution in [0.2, 0.25) is 0 Å². The summed E-state index contributed by atoms with van der Waals surface area (Å²) in [4.78, 5) is 28.4. The molecule has 1 aliphatic rings. The van der Waals surface area contributed by atoms with Crippen LogP contribution >= 0.6 is 15.9 Å². The number of aromatic amines is 1. The van der Waals surface area contributed by atoms with Crippen LogP contribution in [0.15, 0.2) is 41.0 Å². The van der Waals surface area contributed by atoms with Gasteiger partial charge in [-0.3, -0.25) is 9.59 Å². The highest BCUT2D eigenvalue weighted by molar-refractivity contribution is 9.10. The Balaban J connectivity index is 1.59. The number of H-pyrrole nitrogens is 1. The summed E-state index contributed by atoms with van der Waals surface area (Å²) in [6.07, 6.45) is 3.29. The van der Waals surface area contributed by atoms with Gasteiger partial charge in [0.2, 0.25) is 5.91 Å². The first-order valence-corrected chi connectivity index (χ1v) is 8.62. The minimum absolute atomic E-state index is 0.0140. The van der Waals surface area contributed by atoms with E-state index >= 15 is 0 Å². The highest BCUT2D eigenvalue weighted by Gasteiger charge is 2.23. The number of amides is 2. The molecule has 24 heavy (non-hydrogen) atoms. The zero-order valence-electron chi connectivity index (χ0n) is 13.1. The fraction of sp³-hybridized carbons (Fsp3) is 0.294. The van der Waals surface area contributed by atoms with Gasteiger partial charge in [-0.15, -0.1) is 0 Å². The second-order valence-corrected chi connectivity index (χ2v) is 6.81. The third-order valence-electron chi connectivity index (χ3n) is 4.28. The number of nitrogens with two attached hydrogens (primary N) is 1. The summed E-state index contributed by atoms with van der Waals surface area (Å²) in [6.45, 7) is 1.63. The predicted molar refractivity (Wildman–Crippen MR) is 97.0 cm³/mol. The molecule has 2 aromatic rings. The molecule has 2 amide bonds. The third-order valence-corrected chi connectivity index (χ3v) is 4.74. The van der Waals surface area contributed by atoms with Gasteiger partial charge in [0.05, 0.1) is 0 Å². The van der Waals surface area contributed by atoms with Crippen molar-refractivity contribution in [3.05, 3.63) is 46.7 Å². The number of aromatic nitrogens is 1. The molecule has 0 aliphatic carbocycles. The Morgan fingerprint density at radius 3 is 2.42 bits per heavy atom. The van der Waals surface area contributed by atoms with Crippen molar-refractivity contribution in [3.63, 3.8) is 0 Å². The van der Waals surface area contributed by atoms with Gasteiger partial charge in [0.25, 0.3) is 5.91 Å². The fourth-order valence-electron chi connectivity index (χ4n) is 2.88. The Hall–Kier alpha value is -2.28. The maximum Gasteiger partial charge on any atom is 0.272 e. The van der Waals surface area contributed by atoms with Crippen LogP contribution in [0.5, 0.6) is 0 Å². The Kier molecular flexibility index (Phi) is 4.89. The van der Waals surface area contributed by atoms with Crippen LogP contribution in [0, 0.1) is 5.92 Å². The summed E-state index contributed by atoms with van der Waals surface area (Å²) in [6, 6.07) is 9.44. The van der Waals surface area contributed by atoms with Crippen LogP contribution in [-0.2, 0) is 4.79 Å². The number of primary amides is 1. The van der Waals surface area contributed by atoms with E-state index < -0.39 is 0 Å². The lowest BCUT2D eigenvalue weighted by molar-refractivity contribution is -0.122. The first-order chi connectivity index (χ1) is 11.5. The number of halogens is 1. The van der Waals surface area contributed by atoms with Crippen LogP contribution in [0.25, 0.3) is 0 Å². The van der Waals surface area contributed by atoms with E-state index in [0.717, 1.165) is 41.8 Å². The molecule has 0 bridgehead atoms. The molecule has 1 fully saturated rings. The molecular weight excluding hydrogens is 372 g/mol. The lowest BCUT2D eigenvalue weighted by atomic mass is 9.96. The first-order valence-electron chi connectivity index (χ1n) is 7.82.